The largest absolute Gasteiger partial charge is 0.496 e. The number of hydrogen-bond donors (Lipinski definition) is 1. The number of thioether (sulfide) groups is 1. The maximum atomic E-state index is 5.74. The van der Waals surface area contributed by atoms with Crippen molar-refractivity contribution in [2.24, 2.45) is 5.73 Å². The summed E-state index contributed by atoms with van der Waals surface area (Å²) in [6.45, 7) is 1.34. The lowest BCUT2D eigenvalue weighted by atomic mass is 10.1. The Morgan fingerprint density at radius 1 is 1.05 bits per heavy atom. The monoisotopic (exact) mass is 303 g/mol. The number of rotatable bonds is 8. The van der Waals surface area contributed by atoms with E-state index in [0.29, 0.717) is 13.2 Å². The maximum absolute atomic E-state index is 5.74. The van der Waals surface area contributed by atoms with Gasteiger partial charge in [0, 0.05) is 10.6 Å². The summed E-state index contributed by atoms with van der Waals surface area (Å²) < 4.78 is 11.1. The molecular weight excluding hydrogens is 282 g/mol. The third-order valence-electron chi connectivity index (χ3n) is 3.04. The molecule has 112 valence electrons. The zero-order valence-electron chi connectivity index (χ0n) is 12.2. The summed E-state index contributed by atoms with van der Waals surface area (Å²) in [7, 11) is 1.69. The summed E-state index contributed by atoms with van der Waals surface area (Å²) in [5, 5.41) is 0. The van der Waals surface area contributed by atoms with Gasteiger partial charge in [-0.25, -0.2) is 0 Å². The normalized spacial score (nSPS) is 10.4. The molecule has 0 amide bonds. The Morgan fingerprint density at radius 2 is 1.81 bits per heavy atom. The van der Waals surface area contributed by atoms with Crippen molar-refractivity contribution in [1.29, 1.82) is 0 Å². The Hall–Kier alpha value is -1.65. The van der Waals surface area contributed by atoms with E-state index in [1.165, 1.54) is 5.56 Å². The van der Waals surface area contributed by atoms with Gasteiger partial charge in [0.25, 0.3) is 0 Å². The van der Waals surface area contributed by atoms with Crippen LogP contribution in [0.25, 0.3) is 0 Å². The Bertz CT molecular complexity index is 543. The van der Waals surface area contributed by atoms with E-state index in [4.69, 9.17) is 15.2 Å². The van der Waals surface area contributed by atoms with Crippen LogP contribution in [0.1, 0.15) is 5.56 Å². The van der Waals surface area contributed by atoms with Crippen molar-refractivity contribution >= 4 is 11.8 Å². The molecule has 2 N–H and O–H groups in total. The molecule has 0 aromatic heterocycles. The van der Waals surface area contributed by atoms with Gasteiger partial charge in [0.15, 0.2) is 0 Å². The average molecular weight is 303 g/mol. The van der Waals surface area contributed by atoms with Crippen LogP contribution in [0, 0.1) is 0 Å². The third kappa shape index (κ3) is 4.99. The van der Waals surface area contributed by atoms with Crippen LogP contribution < -0.4 is 15.2 Å². The van der Waals surface area contributed by atoms with E-state index >= 15 is 0 Å². The highest BCUT2D eigenvalue weighted by molar-refractivity contribution is 7.99. The first-order chi connectivity index (χ1) is 10.3. The van der Waals surface area contributed by atoms with Crippen LogP contribution in [0.15, 0.2) is 53.4 Å². The molecule has 3 nitrogen and oxygen atoms in total. The summed E-state index contributed by atoms with van der Waals surface area (Å²) in [5.41, 5.74) is 6.78. The van der Waals surface area contributed by atoms with E-state index in [2.05, 4.69) is 18.2 Å². The number of hydrogen-bond acceptors (Lipinski definition) is 4. The molecule has 0 aliphatic carbocycles. The minimum Gasteiger partial charge on any atom is -0.496 e. The van der Waals surface area contributed by atoms with Gasteiger partial charge in [-0.2, -0.15) is 0 Å². The van der Waals surface area contributed by atoms with Crippen LogP contribution in [0.3, 0.4) is 0 Å². The highest BCUT2D eigenvalue weighted by atomic mass is 32.2. The molecule has 2 aromatic carbocycles. The molecule has 0 heterocycles. The highest BCUT2D eigenvalue weighted by Gasteiger charge is 2.02. The summed E-state index contributed by atoms with van der Waals surface area (Å²) in [5.74, 6) is 2.69. The van der Waals surface area contributed by atoms with E-state index in [0.717, 1.165) is 28.6 Å². The minimum atomic E-state index is 0.666. The Morgan fingerprint density at radius 3 is 2.52 bits per heavy atom. The van der Waals surface area contributed by atoms with Crippen molar-refractivity contribution in [3.8, 4) is 11.5 Å². The first kappa shape index (κ1) is 15.7. The van der Waals surface area contributed by atoms with Crippen LogP contribution in [-0.2, 0) is 6.42 Å². The van der Waals surface area contributed by atoms with Gasteiger partial charge in [-0.3, -0.25) is 0 Å². The van der Waals surface area contributed by atoms with Crippen LogP contribution in [0.4, 0.5) is 0 Å². The third-order valence-corrected chi connectivity index (χ3v) is 4.05. The molecule has 0 atom stereocenters. The van der Waals surface area contributed by atoms with E-state index in [1.54, 1.807) is 18.9 Å². The summed E-state index contributed by atoms with van der Waals surface area (Å²) in [4.78, 5) is 1.14. The van der Waals surface area contributed by atoms with E-state index in [9.17, 15) is 0 Å². The van der Waals surface area contributed by atoms with Crippen LogP contribution in [0.2, 0.25) is 0 Å². The minimum absolute atomic E-state index is 0.666. The topological polar surface area (TPSA) is 44.5 Å². The molecular formula is C17H21NO2S. The van der Waals surface area contributed by atoms with E-state index in [1.807, 2.05) is 30.3 Å². The fourth-order valence-electron chi connectivity index (χ4n) is 1.97. The Kier molecular flexibility index (Phi) is 6.44. The van der Waals surface area contributed by atoms with Crippen molar-refractivity contribution in [1.82, 2.24) is 0 Å². The van der Waals surface area contributed by atoms with E-state index in [-0.39, 0.29) is 0 Å². The van der Waals surface area contributed by atoms with Crippen molar-refractivity contribution < 1.29 is 9.47 Å². The predicted octanol–water partition coefficient (Wildman–Crippen LogP) is 3.37. The van der Waals surface area contributed by atoms with Gasteiger partial charge in [-0.15, -0.1) is 11.8 Å². The molecule has 2 aromatic rings. The second-order valence-corrected chi connectivity index (χ2v) is 5.67. The van der Waals surface area contributed by atoms with Crippen LogP contribution in [-0.4, -0.2) is 26.0 Å². The van der Waals surface area contributed by atoms with Gasteiger partial charge >= 0.3 is 0 Å². The Balaban J connectivity index is 1.76. The first-order valence-electron chi connectivity index (χ1n) is 7.01. The van der Waals surface area contributed by atoms with Crippen molar-refractivity contribution in [2.45, 2.75) is 11.3 Å². The molecule has 0 bridgehead atoms. The lowest BCUT2D eigenvalue weighted by molar-refractivity contribution is 0.343. The van der Waals surface area contributed by atoms with Gasteiger partial charge in [0.05, 0.1) is 13.7 Å². The lowest BCUT2D eigenvalue weighted by Crippen LogP contribution is -2.03. The lowest BCUT2D eigenvalue weighted by Gasteiger charge is -2.09. The fourth-order valence-corrected chi connectivity index (χ4v) is 2.82. The number of ether oxygens (including phenoxy) is 2. The molecule has 21 heavy (non-hydrogen) atoms. The standard InChI is InChI=1S/C17H21NO2S/c1-19-16-4-2-3-5-17(16)21-13-12-20-15-8-6-14(7-9-15)10-11-18/h2-9H,10-13,18H2,1H3. The fraction of sp³-hybridized carbons (Fsp3) is 0.294. The number of benzene rings is 2. The zero-order valence-corrected chi connectivity index (χ0v) is 13.1. The summed E-state index contributed by atoms with van der Waals surface area (Å²) in [6.07, 6.45) is 0.907. The molecule has 0 saturated heterocycles. The van der Waals surface area contributed by atoms with Gasteiger partial charge in [-0.1, -0.05) is 24.3 Å². The molecule has 0 saturated carbocycles. The van der Waals surface area contributed by atoms with Crippen LogP contribution in [0.5, 0.6) is 11.5 Å². The quantitative estimate of drug-likeness (QED) is 0.600. The summed E-state index contributed by atoms with van der Waals surface area (Å²) in [6, 6.07) is 16.2. The molecule has 0 aliphatic heterocycles. The maximum Gasteiger partial charge on any atom is 0.132 e. The van der Waals surface area contributed by atoms with Gasteiger partial charge in [-0.05, 0) is 42.8 Å². The van der Waals surface area contributed by atoms with Crippen molar-refractivity contribution in [3.63, 3.8) is 0 Å². The van der Waals surface area contributed by atoms with Gasteiger partial charge in [0.1, 0.15) is 11.5 Å². The average Bonchev–Trinajstić information content (AvgIpc) is 2.54. The number of nitrogens with two attached hydrogens (primary N) is 1. The number of methoxy groups -OCH3 is 1. The van der Waals surface area contributed by atoms with Crippen molar-refractivity contribution in [2.75, 3.05) is 26.0 Å². The summed E-state index contributed by atoms with van der Waals surface area (Å²) >= 11 is 1.74. The van der Waals surface area contributed by atoms with Crippen molar-refractivity contribution in [3.05, 3.63) is 54.1 Å². The van der Waals surface area contributed by atoms with Gasteiger partial charge < -0.3 is 15.2 Å². The molecule has 2 rings (SSSR count). The first-order valence-corrected chi connectivity index (χ1v) is 7.99. The van der Waals surface area contributed by atoms with E-state index < -0.39 is 0 Å². The predicted molar refractivity (Wildman–Crippen MR) is 88.4 cm³/mol. The molecule has 0 unspecified atom stereocenters. The molecule has 0 aliphatic rings. The molecule has 0 fully saturated rings. The second-order valence-electron chi connectivity index (χ2n) is 4.53. The SMILES string of the molecule is COc1ccccc1SCCOc1ccc(CCN)cc1. The zero-order chi connectivity index (χ0) is 14.9. The van der Waals surface area contributed by atoms with Crippen LogP contribution >= 0.6 is 11.8 Å². The molecule has 0 spiro atoms. The Labute approximate surface area is 130 Å². The number of para-hydroxylation sites is 1. The second kappa shape index (κ2) is 8.60. The molecule has 4 heteroatoms. The smallest absolute Gasteiger partial charge is 0.132 e. The highest BCUT2D eigenvalue weighted by Crippen LogP contribution is 2.28. The molecule has 0 radical (unpaired) electrons. The van der Waals surface area contributed by atoms with Gasteiger partial charge in [0.2, 0.25) is 0 Å².